The molecule has 0 aliphatic heterocycles. The Bertz CT molecular complexity index is 396. The molecule has 0 aliphatic carbocycles. The lowest BCUT2D eigenvalue weighted by Gasteiger charge is -2.16. The third kappa shape index (κ3) is 4.58. The fourth-order valence-corrected chi connectivity index (χ4v) is 1.30. The van der Waals surface area contributed by atoms with Crippen LogP contribution in [0.1, 0.15) is 0 Å². The van der Waals surface area contributed by atoms with Crippen LogP contribution in [0.5, 0.6) is 0 Å². The highest BCUT2D eigenvalue weighted by Gasteiger charge is 2.32. The zero-order valence-corrected chi connectivity index (χ0v) is 11.1. The van der Waals surface area contributed by atoms with Crippen molar-refractivity contribution in [3.8, 4) is 0 Å². The first kappa shape index (κ1) is 17.4. The quantitative estimate of drug-likeness (QED) is 0.494. The van der Waals surface area contributed by atoms with Crippen molar-refractivity contribution in [1.29, 1.82) is 0 Å². The van der Waals surface area contributed by atoms with Gasteiger partial charge in [0.05, 0.1) is 6.54 Å². The van der Waals surface area contributed by atoms with Crippen LogP contribution >= 0.6 is 0 Å². The molecule has 0 aromatic rings. The fourth-order valence-electron chi connectivity index (χ4n) is 1.30. The van der Waals surface area contributed by atoms with Crippen molar-refractivity contribution in [2.24, 2.45) is 0 Å². The number of hydrogen-bond donors (Lipinski definition) is 0. The summed E-state index contributed by atoms with van der Waals surface area (Å²) in [7, 11) is 0. The molecule has 0 bridgehead atoms. The van der Waals surface area contributed by atoms with Crippen molar-refractivity contribution in [3.63, 3.8) is 0 Å². The first-order valence-electron chi connectivity index (χ1n) is 5.63. The Morgan fingerprint density at radius 2 is 1.20 bits per heavy atom. The number of hydrogen-bond acceptors (Lipinski definition) is 4. The number of carbonyl (C=O) groups excluding carboxylic acids is 4. The standard InChI is InChI=1S/C14H16N2O4/c1-5-11(17)15(12(18)6-2)9-10-16(13(19)7-3)14(20)8-4/h5-8H,1-4,9-10H2/q+1. The van der Waals surface area contributed by atoms with Crippen LogP contribution in [0.2, 0.25) is 0 Å². The zero-order valence-electron chi connectivity index (χ0n) is 11.1. The molecule has 0 N–H and O–H groups in total. The highest BCUT2D eigenvalue weighted by Crippen LogP contribution is 1.97. The highest BCUT2D eigenvalue weighted by molar-refractivity contribution is 6.08. The van der Waals surface area contributed by atoms with E-state index in [1.807, 2.05) is 0 Å². The lowest BCUT2D eigenvalue weighted by Crippen LogP contribution is -2.47. The van der Waals surface area contributed by atoms with Crippen LogP contribution in [-0.4, -0.2) is 41.6 Å². The lowest BCUT2D eigenvalue weighted by molar-refractivity contribution is -0.141. The Morgan fingerprint density at radius 1 is 0.800 bits per heavy atom. The molecule has 0 saturated heterocycles. The lowest BCUT2D eigenvalue weighted by atomic mass is 10.3. The van der Waals surface area contributed by atoms with Gasteiger partial charge in [0.1, 0.15) is 0 Å². The maximum atomic E-state index is 11.5. The number of carbonyl (C=O) groups is 4. The van der Waals surface area contributed by atoms with E-state index in [0.717, 1.165) is 34.1 Å². The summed E-state index contributed by atoms with van der Waals surface area (Å²) in [6.45, 7) is 12.7. The van der Waals surface area contributed by atoms with Gasteiger partial charge in [-0.05, 0) is 17.1 Å². The molecular weight excluding hydrogens is 260 g/mol. The summed E-state index contributed by atoms with van der Waals surface area (Å²) in [5.41, 5.74) is 0. The van der Waals surface area contributed by atoms with Crippen LogP contribution in [0.15, 0.2) is 50.6 Å². The molecule has 0 atom stereocenters. The Hall–Kier alpha value is -2.60. The average molecular weight is 276 g/mol. The van der Waals surface area contributed by atoms with Crippen LogP contribution in [0.3, 0.4) is 0 Å². The predicted octanol–water partition coefficient (Wildman–Crippen LogP) is 0.279. The van der Waals surface area contributed by atoms with E-state index in [1.54, 1.807) is 0 Å². The maximum absolute atomic E-state index is 11.5. The first-order valence-corrected chi connectivity index (χ1v) is 5.63. The topological polar surface area (TPSA) is 77.4 Å². The van der Waals surface area contributed by atoms with E-state index >= 15 is 0 Å². The van der Waals surface area contributed by atoms with Crippen molar-refractivity contribution >= 4 is 23.6 Å². The van der Waals surface area contributed by atoms with Gasteiger partial charge in [-0.1, -0.05) is 26.3 Å². The molecule has 0 saturated carbocycles. The molecule has 20 heavy (non-hydrogen) atoms. The van der Waals surface area contributed by atoms with Crippen LogP contribution in [0.25, 0.3) is 0 Å². The summed E-state index contributed by atoms with van der Waals surface area (Å²) in [6.07, 6.45) is 3.82. The van der Waals surface area contributed by atoms with Crippen molar-refractivity contribution in [3.05, 3.63) is 50.6 Å². The molecule has 0 spiro atoms. The van der Waals surface area contributed by atoms with Gasteiger partial charge >= 0.3 is 11.8 Å². The van der Waals surface area contributed by atoms with E-state index in [1.165, 1.54) is 0 Å². The van der Waals surface area contributed by atoms with Crippen LogP contribution in [0.4, 0.5) is 0 Å². The minimum Gasteiger partial charge on any atom is -0.270 e. The van der Waals surface area contributed by atoms with Gasteiger partial charge < -0.3 is 0 Å². The number of nitrogens with zero attached hydrogens (tertiary/aromatic N) is 2. The second-order valence-electron chi connectivity index (χ2n) is 3.47. The molecule has 6 heteroatoms. The van der Waals surface area contributed by atoms with Crippen molar-refractivity contribution in [2.75, 3.05) is 13.1 Å². The smallest absolute Gasteiger partial charge is 0.270 e. The van der Waals surface area contributed by atoms with Crippen LogP contribution in [-0.2, 0) is 19.2 Å². The number of rotatable bonds is 7. The molecule has 6 nitrogen and oxygen atoms in total. The molecule has 0 aliphatic rings. The van der Waals surface area contributed by atoms with E-state index in [2.05, 4.69) is 26.3 Å². The molecule has 105 valence electrons. The van der Waals surface area contributed by atoms with Gasteiger partial charge in [0.15, 0.2) is 6.54 Å². The third-order valence-electron chi connectivity index (χ3n) is 2.31. The summed E-state index contributed by atoms with van der Waals surface area (Å²) < 4.78 is 0. The van der Waals surface area contributed by atoms with Gasteiger partial charge in [-0.25, -0.2) is 9.59 Å². The summed E-state index contributed by atoms with van der Waals surface area (Å²) >= 11 is 0. The second kappa shape index (κ2) is 8.49. The molecule has 0 aromatic carbocycles. The van der Waals surface area contributed by atoms with Gasteiger partial charge in [0, 0.05) is 12.2 Å². The number of amides is 4. The van der Waals surface area contributed by atoms with Crippen molar-refractivity contribution in [1.82, 2.24) is 9.80 Å². The van der Waals surface area contributed by atoms with Crippen molar-refractivity contribution in [2.45, 2.75) is 0 Å². The zero-order chi connectivity index (χ0) is 15.7. The minimum atomic E-state index is -0.646. The molecule has 0 unspecified atom stereocenters. The van der Waals surface area contributed by atoms with E-state index in [-0.39, 0.29) is 13.1 Å². The highest BCUT2D eigenvalue weighted by atomic mass is 16.2. The monoisotopic (exact) mass is 276 g/mol. The van der Waals surface area contributed by atoms with E-state index in [4.69, 9.17) is 0 Å². The van der Waals surface area contributed by atoms with E-state index in [9.17, 15) is 19.2 Å². The Kier molecular flexibility index (Phi) is 7.39. The largest absolute Gasteiger partial charge is 0.394 e. The fraction of sp³-hybridized carbons (Fsp3) is 0.143. The SMILES string of the molecule is C=CC(=O)N(CC[N+](C(=O)C=C)C(=O)C=C)C(=O)C=C. The van der Waals surface area contributed by atoms with Gasteiger partial charge in [-0.15, -0.1) is 0 Å². The Morgan fingerprint density at radius 3 is 1.50 bits per heavy atom. The summed E-state index contributed by atoms with van der Waals surface area (Å²) in [5, 5.41) is 0. The third-order valence-corrected chi connectivity index (χ3v) is 2.31. The Labute approximate surface area is 117 Å². The van der Waals surface area contributed by atoms with Crippen LogP contribution in [0, 0.1) is 0 Å². The molecular formula is C14H16N2O4+. The molecule has 1 radical (unpaired) electrons. The second-order valence-corrected chi connectivity index (χ2v) is 3.47. The predicted molar refractivity (Wildman–Crippen MR) is 74.5 cm³/mol. The summed E-state index contributed by atoms with van der Waals surface area (Å²) in [5.74, 6) is -2.59. The van der Waals surface area contributed by atoms with E-state index < -0.39 is 23.6 Å². The normalized spacial score (nSPS) is 9.45. The van der Waals surface area contributed by atoms with Crippen LogP contribution < -0.4 is 4.90 Å². The van der Waals surface area contributed by atoms with Gasteiger partial charge in [0.2, 0.25) is 0 Å². The van der Waals surface area contributed by atoms with Gasteiger partial charge in [-0.2, -0.15) is 0 Å². The first-order chi connectivity index (χ1) is 9.42. The average Bonchev–Trinajstić information content (AvgIpc) is 2.48. The van der Waals surface area contributed by atoms with E-state index in [0.29, 0.717) is 0 Å². The Balaban J connectivity index is 5.04. The molecule has 4 amide bonds. The summed E-state index contributed by atoms with van der Waals surface area (Å²) in [6, 6.07) is 0. The molecule has 0 aromatic heterocycles. The van der Waals surface area contributed by atoms with Gasteiger partial charge in [-0.3, -0.25) is 14.5 Å². The molecule has 0 rings (SSSR count). The summed E-state index contributed by atoms with van der Waals surface area (Å²) in [4.78, 5) is 47.7. The maximum Gasteiger partial charge on any atom is 0.394 e. The molecule has 0 heterocycles. The minimum absolute atomic E-state index is 0.172. The number of imide groups is 2. The van der Waals surface area contributed by atoms with Gasteiger partial charge in [0.25, 0.3) is 11.8 Å². The van der Waals surface area contributed by atoms with Crippen molar-refractivity contribution < 1.29 is 19.2 Å². The molecule has 0 fully saturated rings.